The number of hydrogen-bond acceptors (Lipinski definition) is 4. The Balaban J connectivity index is 1.13. The Kier molecular flexibility index (Phi) is 9.50. The van der Waals surface area contributed by atoms with Crippen molar-refractivity contribution in [3.8, 4) is 0 Å². The van der Waals surface area contributed by atoms with Crippen molar-refractivity contribution in [3.05, 3.63) is 35.5 Å². The molecule has 0 unspecified atom stereocenters. The lowest BCUT2D eigenvalue weighted by Gasteiger charge is -2.72. The summed E-state index contributed by atoms with van der Waals surface area (Å²) in [6.07, 6.45) is 19.8. The van der Waals surface area contributed by atoms with Gasteiger partial charge in [0, 0.05) is 5.54 Å². The van der Waals surface area contributed by atoms with Crippen LogP contribution in [0.1, 0.15) is 138 Å². The fourth-order valence-electron chi connectivity index (χ4n) is 14.9. The summed E-state index contributed by atoms with van der Waals surface area (Å²) in [5.74, 6) is 3.31. The molecule has 0 spiro atoms. The summed E-state index contributed by atoms with van der Waals surface area (Å²) >= 11 is 0. The molecule has 5 nitrogen and oxygen atoms in total. The Morgan fingerprint density at radius 3 is 2.25 bits per heavy atom. The molecule has 0 bridgehead atoms. The second kappa shape index (κ2) is 12.8. The number of rotatable bonds is 8. The van der Waals surface area contributed by atoms with E-state index in [0.29, 0.717) is 59.9 Å². The quantitative estimate of drug-likeness (QED) is 0.244. The van der Waals surface area contributed by atoms with Gasteiger partial charge in [0.2, 0.25) is 0 Å². The van der Waals surface area contributed by atoms with Crippen LogP contribution in [0.2, 0.25) is 0 Å². The largest absolute Gasteiger partial charge is 0.481 e. The first-order valence-corrected chi connectivity index (χ1v) is 22.5. The number of sulfone groups is 1. The van der Waals surface area contributed by atoms with Gasteiger partial charge in [-0.1, -0.05) is 58.9 Å². The SMILES string of the molecule is C=C(C)[C@@H]1CC[C@]2(NCCC3CCS(=O)(=O)CC3)CC[C@]3(C)[C@H](CC[C@@H]4[C@@]5(C)CC=C(C6=CC[C@](CF)(C(=O)O)CC6)C(C)(C)[C@@H]5CC[C@]43C)[C@@H]12. The zero-order valence-electron chi connectivity index (χ0n) is 32.7. The predicted molar refractivity (Wildman–Crippen MR) is 205 cm³/mol. The molecule has 5 fully saturated rings. The van der Waals surface area contributed by atoms with Crippen LogP contribution < -0.4 is 5.32 Å². The Bertz CT molecular complexity index is 1580. The summed E-state index contributed by atoms with van der Waals surface area (Å²) in [6.45, 7) is 20.0. The maximum absolute atomic E-state index is 14.0. The number of alkyl halides is 1. The van der Waals surface area contributed by atoms with Crippen LogP contribution in [0.4, 0.5) is 4.39 Å². The van der Waals surface area contributed by atoms with Crippen molar-refractivity contribution < 1.29 is 22.7 Å². The van der Waals surface area contributed by atoms with E-state index in [1.165, 1.54) is 68.1 Å². The van der Waals surface area contributed by atoms with Crippen molar-refractivity contribution in [2.75, 3.05) is 24.7 Å². The van der Waals surface area contributed by atoms with Gasteiger partial charge in [-0.15, -0.1) is 0 Å². The van der Waals surface area contributed by atoms with Gasteiger partial charge in [0.25, 0.3) is 0 Å². The van der Waals surface area contributed by atoms with E-state index in [-0.39, 0.29) is 33.6 Å². The van der Waals surface area contributed by atoms with Crippen molar-refractivity contribution in [1.82, 2.24) is 5.32 Å². The van der Waals surface area contributed by atoms with Crippen LogP contribution in [0.15, 0.2) is 35.5 Å². The number of hydrogen-bond donors (Lipinski definition) is 2. The first-order chi connectivity index (χ1) is 23.9. The molecule has 1 heterocycles. The molecule has 1 saturated heterocycles. The summed E-state index contributed by atoms with van der Waals surface area (Å²) < 4.78 is 38.1. The minimum absolute atomic E-state index is 0.0124. The first kappa shape index (κ1) is 37.8. The van der Waals surface area contributed by atoms with Gasteiger partial charge in [-0.3, -0.25) is 4.79 Å². The van der Waals surface area contributed by atoms with Gasteiger partial charge >= 0.3 is 5.97 Å². The molecule has 10 atom stereocenters. The minimum atomic E-state index is -2.83. The van der Waals surface area contributed by atoms with Crippen molar-refractivity contribution in [2.45, 2.75) is 143 Å². The number of carboxylic acid groups (broad SMARTS) is 1. The third-order valence-corrected chi connectivity index (χ3v) is 19.7. The molecule has 51 heavy (non-hydrogen) atoms. The number of fused-ring (bicyclic) bond motifs is 7. The smallest absolute Gasteiger partial charge is 0.312 e. The molecule has 0 aromatic carbocycles. The summed E-state index contributed by atoms with van der Waals surface area (Å²) in [6, 6.07) is 0. The highest BCUT2D eigenvalue weighted by Gasteiger charge is 2.70. The summed E-state index contributed by atoms with van der Waals surface area (Å²) in [7, 11) is -2.83. The number of carbonyl (C=O) groups is 1. The van der Waals surface area contributed by atoms with E-state index in [0.717, 1.165) is 32.2 Å². The molecule has 0 radical (unpaired) electrons. The van der Waals surface area contributed by atoms with Crippen LogP contribution in [-0.4, -0.2) is 49.8 Å². The van der Waals surface area contributed by atoms with Crippen LogP contribution in [0.25, 0.3) is 0 Å². The highest BCUT2D eigenvalue weighted by atomic mass is 32.2. The van der Waals surface area contributed by atoms with Crippen LogP contribution >= 0.6 is 0 Å². The van der Waals surface area contributed by atoms with E-state index in [4.69, 9.17) is 0 Å². The number of halogens is 1. The summed E-state index contributed by atoms with van der Waals surface area (Å²) in [5, 5.41) is 14.1. The molecule has 7 heteroatoms. The number of nitrogens with one attached hydrogen (secondary N) is 1. The van der Waals surface area contributed by atoms with Gasteiger partial charge in [-0.05, 0) is 178 Å². The second-order valence-electron chi connectivity index (χ2n) is 20.3. The molecular weight excluding hydrogens is 658 g/mol. The van der Waals surface area contributed by atoms with E-state index < -0.39 is 27.9 Å². The maximum Gasteiger partial charge on any atom is 0.312 e. The Morgan fingerprint density at radius 2 is 1.63 bits per heavy atom. The van der Waals surface area contributed by atoms with Gasteiger partial charge in [0.15, 0.2) is 0 Å². The third-order valence-electron chi connectivity index (χ3n) is 18.0. The molecule has 0 aromatic heterocycles. The van der Waals surface area contributed by atoms with E-state index in [9.17, 15) is 22.7 Å². The molecule has 7 rings (SSSR count). The highest BCUT2D eigenvalue weighted by Crippen LogP contribution is 2.76. The molecule has 0 amide bonds. The molecule has 6 aliphatic carbocycles. The Hall–Kier alpha value is -1.47. The minimum Gasteiger partial charge on any atom is -0.481 e. The van der Waals surface area contributed by atoms with Crippen molar-refractivity contribution in [1.29, 1.82) is 0 Å². The van der Waals surface area contributed by atoms with Crippen molar-refractivity contribution >= 4 is 15.8 Å². The lowest BCUT2D eigenvalue weighted by atomic mass is 9.33. The molecule has 286 valence electrons. The van der Waals surface area contributed by atoms with Gasteiger partial charge in [0.05, 0.1) is 16.9 Å². The molecule has 7 aliphatic rings. The predicted octanol–water partition coefficient (Wildman–Crippen LogP) is 9.89. The number of allylic oxidation sites excluding steroid dienone is 5. The van der Waals surface area contributed by atoms with Gasteiger partial charge in [-0.2, -0.15) is 0 Å². The van der Waals surface area contributed by atoms with E-state index >= 15 is 0 Å². The summed E-state index contributed by atoms with van der Waals surface area (Å²) in [4.78, 5) is 12.0. The van der Waals surface area contributed by atoms with Gasteiger partial charge < -0.3 is 10.4 Å². The monoisotopic (exact) mass is 725 g/mol. The van der Waals surface area contributed by atoms with Crippen LogP contribution in [0.3, 0.4) is 0 Å². The average Bonchev–Trinajstić information content (AvgIpc) is 3.46. The Morgan fingerprint density at radius 1 is 0.902 bits per heavy atom. The molecule has 4 saturated carbocycles. The zero-order valence-corrected chi connectivity index (χ0v) is 33.5. The third kappa shape index (κ3) is 5.72. The van der Waals surface area contributed by atoms with Gasteiger partial charge in [0.1, 0.15) is 16.5 Å². The summed E-state index contributed by atoms with van der Waals surface area (Å²) in [5.41, 5.74) is 3.67. The van der Waals surface area contributed by atoms with Gasteiger partial charge in [-0.25, -0.2) is 12.8 Å². The second-order valence-corrected chi connectivity index (χ2v) is 22.7. The van der Waals surface area contributed by atoms with Crippen LogP contribution in [0.5, 0.6) is 0 Å². The molecule has 1 aliphatic heterocycles. The topological polar surface area (TPSA) is 83.5 Å². The van der Waals surface area contributed by atoms with Crippen LogP contribution in [0, 0.1) is 62.6 Å². The lowest BCUT2D eigenvalue weighted by molar-refractivity contribution is -0.221. The zero-order chi connectivity index (χ0) is 36.8. The molecular formula is C44H68FNO4S. The molecule has 0 aromatic rings. The normalized spacial score (nSPS) is 46.1. The maximum atomic E-state index is 14.0. The molecule has 2 N–H and O–H groups in total. The number of carboxylic acids is 1. The first-order valence-electron chi connectivity index (χ1n) is 20.7. The standard InChI is InChI=1S/C44H68FNO4S/c1-29(2)32-12-22-44(46-25-15-30-16-26-51(49,50)27-17-30)24-23-41(6)34(37(32)44)8-9-36-40(5)18-13-33(39(3,4)35(40)14-19-42(36,41)7)31-10-20-43(28-45,21-11-31)38(47)48/h10,13,30,32,34-37,46H,1,8-9,11-12,14-28H2,2-7H3,(H,47,48)/t32-,34+,35-,36+,37+,40-,41+,42+,43-,44-/m0/s1. The van der Waals surface area contributed by atoms with Crippen molar-refractivity contribution in [3.63, 3.8) is 0 Å². The number of aliphatic carboxylic acids is 1. The average molecular weight is 726 g/mol. The highest BCUT2D eigenvalue weighted by molar-refractivity contribution is 7.91. The van der Waals surface area contributed by atoms with Crippen molar-refractivity contribution in [2.24, 2.45) is 62.6 Å². The lowest BCUT2D eigenvalue weighted by Crippen LogP contribution is -2.68. The van der Waals surface area contributed by atoms with Crippen LogP contribution in [-0.2, 0) is 14.6 Å². The Labute approximate surface area is 309 Å². The van der Waals surface area contributed by atoms with E-state index in [1.807, 2.05) is 0 Å². The van der Waals surface area contributed by atoms with E-state index in [2.05, 4.69) is 65.6 Å². The fourth-order valence-corrected chi connectivity index (χ4v) is 16.5. The van der Waals surface area contributed by atoms with E-state index in [1.54, 1.807) is 0 Å². The fraction of sp³-hybridized carbons (Fsp3) is 0.841.